The summed E-state index contributed by atoms with van der Waals surface area (Å²) in [6.45, 7) is 1.05. The second-order valence-electron chi connectivity index (χ2n) is 10.7. The molecule has 0 radical (unpaired) electrons. The van der Waals surface area contributed by atoms with Crippen molar-refractivity contribution in [3.63, 3.8) is 0 Å². The van der Waals surface area contributed by atoms with Gasteiger partial charge in [-0.2, -0.15) is 0 Å². The molecule has 2 aliphatic rings. The number of ether oxygens (including phenoxy) is 1. The predicted molar refractivity (Wildman–Crippen MR) is 175 cm³/mol. The molecule has 45 heavy (non-hydrogen) atoms. The molecule has 2 fully saturated rings. The van der Waals surface area contributed by atoms with Crippen molar-refractivity contribution in [1.29, 1.82) is 0 Å². The standard InChI is InChI=1S/C34H31FN4O4S2/c35-25-9-4-10-27(21-25)37-33-39(19-17-28-11-6-20-44-28)32(41)30(45-33)24-13-15-26(16-14-24)36-31(40)29-12-5-18-38(29)34(42)43-22-23-7-2-1-3-8-23/h1-4,6-11,13-16,20-21,29-30H,5,12,17-19,22H2,(H,36,40)/b37-33-/t29-,30?/m0/s1. The fourth-order valence-corrected chi connectivity index (χ4v) is 7.22. The molecule has 2 atom stereocenters. The molecule has 6 rings (SSSR count). The molecule has 8 nitrogen and oxygen atoms in total. The first-order valence-electron chi connectivity index (χ1n) is 14.7. The van der Waals surface area contributed by atoms with E-state index in [1.54, 1.807) is 40.5 Å². The predicted octanol–water partition coefficient (Wildman–Crippen LogP) is 7.17. The minimum absolute atomic E-state index is 0.0980. The minimum atomic E-state index is -0.626. The number of carbonyl (C=O) groups is 3. The molecule has 0 bridgehead atoms. The molecule has 0 aliphatic carbocycles. The summed E-state index contributed by atoms with van der Waals surface area (Å²) in [6.07, 6.45) is 1.43. The fourth-order valence-electron chi connectivity index (χ4n) is 5.32. The van der Waals surface area contributed by atoms with Gasteiger partial charge in [-0.15, -0.1) is 11.3 Å². The Balaban J connectivity index is 1.11. The zero-order chi connectivity index (χ0) is 31.2. The van der Waals surface area contributed by atoms with E-state index in [1.165, 1.54) is 28.8 Å². The zero-order valence-corrected chi connectivity index (χ0v) is 25.9. The zero-order valence-electron chi connectivity index (χ0n) is 24.3. The average Bonchev–Trinajstić information content (AvgIpc) is 3.81. The van der Waals surface area contributed by atoms with Crippen molar-refractivity contribution < 1.29 is 23.5 Å². The summed E-state index contributed by atoms with van der Waals surface area (Å²) in [6, 6.07) is 25.9. The van der Waals surface area contributed by atoms with Gasteiger partial charge in [-0.05, 0) is 72.2 Å². The Hall–Kier alpha value is -4.48. The van der Waals surface area contributed by atoms with Gasteiger partial charge in [-0.3, -0.25) is 19.4 Å². The van der Waals surface area contributed by atoms with E-state index in [0.29, 0.717) is 48.9 Å². The maximum absolute atomic E-state index is 13.9. The summed E-state index contributed by atoms with van der Waals surface area (Å²) >= 11 is 2.96. The van der Waals surface area contributed by atoms with Crippen molar-refractivity contribution in [2.45, 2.75) is 37.2 Å². The molecular formula is C34H31FN4O4S2. The fraction of sp³-hybridized carbons (Fsp3) is 0.235. The van der Waals surface area contributed by atoms with Crippen LogP contribution in [0.1, 0.15) is 34.1 Å². The first-order valence-corrected chi connectivity index (χ1v) is 16.4. The molecular weight excluding hydrogens is 612 g/mol. The number of thiophene rings is 1. The summed E-state index contributed by atoms with van der Waals surface area (Å²) in [5.41, 5.74) is 2.64. The van der Waals surface area contributed by atoms with Crippen LogP contribution >= 0.6 is 23.1 Å². The van der Waals surface area contributed by atoms with Crippen molar-refractivity contribution in [3.05, 3.63) is 118 Å². The normalized spacial score (nSPS) is 18.9. The molecule has 1 aromatic heterocycles. The average molecular weight is 643 g/mol. The van der Waals surface area contributed by atoms with Gasteiger partial charge in [-0.1, -0.05) is 66.4 Å². The number of benzene rings is 3. The van der Waals surface area contributed by atoms with Crippen molar-refractivity contribution in [3.8, 4) is 0 Å². The number of halogens is 1. The highest BCUT2D eigenvalue weighted by atomic mass is 32.2. The molecule has 2 saturated heterocycles. The van der Waals surface area contributed by atoms with Gasteiger partial charge in [0.1, 0.15) is 23.7 Å². The quantitative estimate of drug-likeness (QED) is 0.209. The molecule has 0 spiro atoms. The summed E-state index contributed by atoms with van der Waals surface area (Å²) in [5.74, 6) is -0.776. The lowest BCUT2D eigenvalue weighted by molar-refractivity contribution is -0.126. The van der Waals surface area contributed by atoms with E-state index in [2.05, 4.69) is 10.3 Å². The number of nitrogens with one attached hydrogen (secondary N) is 1. The maximum Gasteiger partial charge on any atom is 0.410 e. The lowest BCUT2D eigenvalue weighted by atomic mass is 10.1. The number of aliphatic imine (C=N–C) groups is 1. The van der Waals surface area contributed by atoms with Crippen LogP contribution in [0.25, 0.3) is 0 Å². The lowest BCUT2D eigenvalue weighted by Crippen LogP contribution is -2.43. The van der Waals surface area contributed by atoms with Gasteiger partial charge in [0.15, 0.2) is 5.17 Å². The van der Waals surface area contributed by atoms with Crippen LogP contribution in [-0.4, -0.2) is 52.0 Å². The number of rotatable bonds is 9. The van der Waals surface area contributed by atoms with Crippen molar-refractivity contribution in [2.24, 2.45) is 4.99 Å². The highest BCUT2D eigenvalue weighted by Gasteiger charge is 2.39. The SMILES string of the molecule is O=C(Nc1ccc(C2S/C(=N\c3cccc(F)c3)N(CCc3cccs3)C2=O)cc1)[C@@H]1CCCN1C(=O)OCc1ccccc1. The van der Waals surface area contributed by atoms with Crippen LogP contribution in [0, 0.1) is 5.82 Å². The van der Waals surface area contributed by atoms with Crippen molar-refractivity contribution in [1.82, 2.24) is 9.80 Å². The highest BCUT2D eigenvalue weighted by Crippen LogP contribution is 2.41. The number of carbonyl (C=O) groups excluding carboxylic acids is 3. The Labute approximate surface area is 268 Å². The molecule has 2 aliphatic heterocycles. The Bertz CT molecular complexity index is 1680. The molecule has 1 unspecified atom stereocenters. The summed E-state index contributed by atoms with van der Waals surface area (Å²) in [5, 5.41) is 4.90. The third kappa shape index (κ3) is 7.43. The van der Waals surface area contributed by atoms with Gasteiger partial charge in [0.05, 0.1) is 5.69 Å². The number of nitrogens with zero attached hydrogens (tertiary/aromatic N) is 3. The van der Waals surface area contributed by atoms with Crippen LogP contribution in [0.5, 0.6) is 0 Å². The minimum Gasteiger partial charge on any atom is -0.445 e. The Morgan fingerprint density at radius 2 is 1.82 bits per heavy atom. The lowest BCUT2D eigenvalue weighted by Gasteiger charge is -2.23. The van der Waals surface area contributed by atoms with E-state index in [4.69, 9.17) is 4.74 Å². The van der Waals surface area contributed by atoms with Gasteiger partial charge in [0, 0.05) is 23.7 Å². The number of thioether (sulfide) groups is 1. The van der Waals surface area contributed by atoms with Gasteiger partial charge in [0.2, 0.25) is 11.8 Å². The smallest absolute Gasteiger partial charge is 0.410 e. The molecule has 3 amide bonds. The third-order valence-electron chi connectivity index (χ3n) is 7.62. The number of hydrogen-bond acceptors (Lipinski definition) is 7. The number of amides is 3. The van der Waals surface area contributed by atoms with Crippen LogP contribution < -0.4 is 5.32 Å². The first-order chi connectivity index (χ1) is 21.9. The van der Waals surface area contributed by atoms with Crippen LogP contribution in [0.2, 0.25) is 0 Å². The number of hydrogen-bond donors (Lipinski definition) is 1. The number of anilines is 1. The molecule has 0 saturated carbocycles. The molecule has 3 heterocycles. The van der Waals surface area contributed by atoms with E-state index < -0.39 is 23.2 Å². The second kappa shape index (κ2) is 14.1. The van der Waals surface area contributed by atoms with Gasteiger partial charge in [0.25, 0.3) is 0 Å². The summed E-state index contributed by atoms with van der Waals surface area (Å²) in [4.78, 5) is 48.5. The van der Waals surface area contributed by atoms with Crippen LogP contribution in [-0.2, 0) is 27.4 Å². The summed E-state index contributed by atoms with van der Waals surface area (Å²) in [7, 11) is 0. The Kier molecular flexibility index (Phi) is 9.56. The molecule has 1 N–H and O–H groups in total. The first kappa shape index (κ1) is 30.5. The van der Waals surface area contributed by atoms with E-state index >= 15 is 0 Å². The Morgan fingerprint density at radius 1 is 1.00 bits per heavy atom. The molecule has 4 aromatic rings. The van der Waals surface area contributed by atoms with E-state index in [-0.39, 0.29) is 18.4 Å². The monoisotopic (exact) mass is 642 g/mol. The van der Waals surface area contributed by atoms with Gasteiger partial charge < -0.3 is 10.1 Å². The molecule has 230 valence electrons. The van der Waals surface area contributed by atoms with Gasteiger partial charge in [-0.25, -0.2) is 14.2 Å². The van der Waals surface area contributed by atoms with Gasteiger partial charge >= 0.3 is 6.09 Å². The van der Waals surface area contributed by atoms with Crippen molar-refractivity contribution in [2.75, 3.05) is 18.4 Å². The highest BCUT2D eigenvalue weighted by molar-refractivity contribution is 8.15. The largest absolute Gasteiger partial charge is 0.445 e. The van der Waals surface area contributed by atoms with E-state index in [0.717, 1.165) is 16.0 Å². The number of amidine groups is 1. The summed E-state index contributed by atoms with van der Waals surface area (Å²) < 4.78 is 19.3. The number of likely N-dealkylation sites (tertiary alicyclic amines) is 1. The maximum atomic E-state index is 13.9. The van der Waals surface area contributed by atoms with Crippen LogP contribution in [0.15, 0.2) is 101 Å². The van der Waals surface area contributed by atoms with Crippen LogP contribution in [0.4, 0.5) is 20.6 Å². The van der Waals surface area contributed by atoms with Crippen molar-refractivity contribution >= 4 is 57.5 Å². The molecule has 3 aromatic carbocycles. The topological polar surface area (TPSA) is 91.3 Å². The third-order valence-corrected chi connectivity index (χ3v) is 9.78. The van der Waals surface area contributed by atoms with E-state index in [1.807, 2.05) is 60.0 Å². The second-order valence-corrected chi connectivity index (χ2v) is 12.8. The molecule has 11 heteroatoms. The van der Waals surface area contributed by atoms with E-state index in [9.17, 15) is 18.8 Å². The Morgan fingerprint density at radius 3 is 2.58 bits per heavy atom. The van der Waals surface area contributed by atoms with Crippen LogP contribution in [0.3, 0.4) is 0 Å².